The van der Waals surface area contributed by atoms with Crippen molar-refractivity contribution in [3.8, 4) is 0 Å². The standard InChI is InChI=1S/C17H18FN3O2S/c18-12-5-1-2-6-13(12)19-17(23)20-16(22)11-21-9-3-7-14(21)15-8-4-10-24-15/h1-2,4-6,8,10,14H,3,7,9,11H2,(H2,19,20,22,23)/t14-/m0/s1. The molecule has 1 aliphatic rings. The van der Waals surface area contributed by atoms with Crippen molar-refractivity contribution in [1.29, 1.82) is 0 Å². The van der Waals surface area contributed by atoms with E-state index >= 15 is 0 Å². The average Bonchev–Trinajstić information content (AvgIpc) is 3.20. The number of carbonyl (C=O) groups is 2. The summed E-state index contributed by atoms with van der Waals surface area (Å²) < 4.78 is 13.5. The SMILES string of the molecule is O=C(CN1CCC[C@H]1c1cccs1)NC(=O)Nc1ccccc1F. The molecule has 5 nitrogen and oxygen atoms in total. The molecule has 0 unspecified atom stereocenters. The summed E-state index contributed by atoms with van der Waals surface area (Å²) >= 11 is 1.67. The van der Waals surface area contributed by atoms with Crippen LogP contribution in [0.4, 0.5) is 14.9 Å². The number of anilines is 1. The van der Waals surface area contributed by atoms with Gasteiger partial charge in [-0.3, -0.25) is 15.0 Å². The summed E-state index contributed by atoms with van der Waals surface area (Å²) in [5, 5.41) is 6.62. The Morgan fingerprint density at radius 3 is 2.83 bits per heavy atom. The summed E-state index contributed by atoms with van der Waals surface area (Å²) in [6, 6.07) is 9.38. The maximum absolute atomic E-state index is 13.5. The van der Waals surface area contributed by atoms with Crippen molar-refractivity contribution in [2.75, 3.05) is 18.4 Å². The van der Waals surface area contributed by atoms with Crippen LogP contribution >= 0.6 is 11.3 Å². The van der Waals surface area contributed by atoms with Gasteiger partial charge in [0.25, 0.3) is 0 Å². The minimum absolute atomic E-state index is 0.0421. The highest BCUT2D eigenvalue weighted by atomic mass is 32.1. The second kappa shape index (κ2) is 7.55. The number of imide groups is 1. The maximum Gasteiger partial charge on any atom is 0.326 e. The molecule has 24 heavy (non-hydrogen) atoms. The molecule has 3 amide bonds. The Morgan fingerprint density at radius 2 is 2.08 bits per heavy atom. The van der Waals surface area contributed by atoms with Crippen molar-refractivity contribution < 1.29 is 14.0 Å². The van der Waals surface area contributed by atoms with Gasteiger partial charge < -0.3 is 5.32 Å². The fraction of sp³-hybridized carbons (Fsp3) is 0.294. The van der Waals surface area contributed by atoms with E-state index in [4.69, 9.17) is 0 Å². The number of hydrogen-bond acceptors (Lipinski definition) is 4. The first kappa shape index (κ1) is 16.6. The van der Waals surface area contributed by atoms with Gasteiger partial charge in [-0.25, -0.2) is 9.18 Å². The molecule has 1 atom stereocenters. The van der Waals surface area contributed by atoms with E-state index < -0.39 is 17.8 Å². The predicted molar refractivity (Wildman–Crippen MR) is 91.4 cm³/mol. The van der Waals surface area contributed by atoms with E-state index in [-0.39, 0.29) is 18.3 Å². The number of para-hydroxylation sites is 1. The molecule has 126 valence electrons. The minimum Gasteiger partial charge on any atom is -0.305 e. The summed E-state index contributed by atoms with van der Waals surface area (Å²) in [5.41, 5.74) is 0.0421. The van der Waals surface area contributed by atoms with Crippen LogP contribution in [0.3, 0.4) is 0 Å². The van der Waals surface area contributed by atoms with Crippen molar-refractivity contribution in [2.45, 2.75) is 18.9 Å². The molecule has 1 saturated heterocycles. The zero-order valence-electron chi connectivity index (χ0n) is 13.0. The fourth-order valence-corrected chi connectivity index (χ4v) is 3.78. The molecule has 7 heteroatoms. The van der Waals surface area contributed by atoms with Crippen molar-refractivity contribution in [3.05, 3.63) is 52.5 Å². The van der Waals surface area contributed by atoms with E-state index in [1.807, 2.05) is 11.4 Å². The van der Waals surface area contributed by atoms with Crippen LogP contribution in [0.2, 0.25) is 0 Å². The normalized spacial score (nSPS) is 17.6. The van der Waals surface area contributed by atoms with Gasteiger partial charge in [0.2, 0.25) is 5.91 Å². The number of carbonyl (C=O) groups excluding carboxylic acids is 2. The van der Waals surface area contributed by atoms with Gasteiger partial charge in [-0.15, -0.1) is 11.3 Å². The molecule has 0 aliphatic carbocycles. The predicted octanol–water partition coefficient (Wildman–Crippen LogP) is 3.37. The number of likely N-dealkylation sites (tertiary alicyclic amines) is 1. The van der Waals surface area contributed by atoms with E-state index in [1.165, 1.54) is 23.1 Å². The van der Waals surface area contributed by atoms with Gasteiger partial charge >= 0.3 is 6.03 Å². The van der Waals surface area contributed by atoms with Crippen LogP contribution in [0.15, 0.2) is 41.8 Å². The van der Waals surface area contributed by atoms with E-state index in [0.29, 0.717) is 0 Å². The first-order valence-corrected chi connectivity index (χ1v) is 8.64. The Bertz CT molecular complexity index is 720. The third-order valence-corrected chi connectivity index (χ3v) is 4.93. The number of rotatable bonds is 4. The number of urea groups is 1. The van der Waals surface area contributed by atoms with Crippen LogP contribution in [0.25, 0.3) is 0 Å². The third-order valence-electron chi connectivity index (χ3n) is 3.96. The molecule has 2 N–H and O–H groups in total. The summed E-state index contributed by atoms with van der Waals surface area (Å²) in [6.45, 7) is 0.970. The van der Waals surface area contributed by atoms with Gasteiger partial charge in [-0.1, -0.05) is 18.2 Å². The number of nitrogens with zero attached hydrogens (tertiary/aromatic N) is 1. The Balaban J connectivity index is 1.53. The summed E-state index contributed by atoms with van der Waals surface area (Å²) in [5.74, 6) is -0.940. The Labute approximate surface area is 143 Å². The van der Waals surface area contributed by atoms with Crippen molar-refractivity contribution in [2.24, 2.45) is 0 Å². The third kappa shape index (κ3) is 3.98. The maximum atomic E-state index is 13.5. The van der Waals surface area contributed by atoms with Gasteiger partial charge in [0.05, 0.1) is 12.2 Å². The van der Waals surface area contributed by atoms with Crippen LogP contribution in [0.1, 0.15) is 23.8 Å². The number of halogens is 1. The number of benzene rings is 1. The Hall–Kier alpha value is -2.25. The molecule has 1 aromatic carbocycles. The molecule has 0 saturated carbocycles. The zero-order valence-corrected chi connectivity index (χ0v) is 13.8. The Kier molecular flexibility index (Phi) is 5.22. The van der Waals surface area contributed by atoms with Crippen LogP contribution in [-0.4, -0.2) is 29.9 Å². The van der Waals surface area contributed by atoms with Crippen LogP contribution in [-0.2, 0) is 4.79 Å². The average molecular weight is 347 g/mol. The molecule has 0 spiro atoms. The lowest BCUT2D eigenvalue weighted by Crippen LogP contribution is -2.41. The summed E-state index contributed by atoms with van der Waals surface area (Å²) in [6.07, 6.45) is 2.03. The monoisotopic (exact) mass is 347 g/mol. The fourth-order valence-electron chi connectivity index (χ4n) is 2.89. The molecular formula is C17H18FN3O2S. The van der Waals surface area contributed by atoms with Gasteiger partial charge in [0.1, 0.15) is 5.82 Å². The van der Waals surface area contributed by atoms with Crippen LogP contribution in [0.5, 0.6) is 0 Å². The highest BCUT2D eigenvalue weighted by Crippen LogP contribution is 2.33. The zero-order chi connectivity index (χ0) is 16.9. The quantitative estimate of drug-likeness (QED) is 0.891. The van der Waals surface area contributed by atoms with E-state index in [9.17, 15) is 14.0 Å². The molecule has 0 radical (unpaired) electrons. The molecular weight excluding hydrogens is 329 g/mol. The van der Waals surface area contributed by atoms with Gasteiger partial charge in [0.15, 0.2) is 0 Å². The van der Waals surface area contributed by atoms with Crippen LogP contribution < -0.4 is 10.6 Å². The number of hydrogen-bond donors (Lipinski definition) is 2. The number of amides is 3. The van der Waals surface area contributed by atoms with Crippen molar-refractivity contribution in [3.63, 3.8) is 0 Å². The van der Waals surface area contributed by atoms with E-state index in [1.54, 1.807) is 17.4 Å². The summed E-state index contributed by atoms with van der Waals surface area (Å²) in [4.78, 5) is 27.2. The van der Waals surface area contributed by atoms with E-state index in [2.05, 4.69) is 21.6 Å². The van der Waals surface area contributed by atoms with E-state index in [0.717, 1.165) is 19.4 Å². The highest BCUT2D eigenvalue weighted by Gasteiger charge is 2.28. The lowest BCUT2D eigenvalue weighted by Gasteiger charge is -2.22. The molecule has 3 rings (SSSR count). The lowest BCUT2D eigenvalue weighted by atomic mass is 10.2. The van der Waals surface area contributed by atoms with Gasteiger partial charge in [-0.05, 0) is 43.0 Å². The molecule has 2 aromatic rings. The molecule has 1 aromatic heterocycles. The Morgan fingerprint density at radius 1 is 1.25 bits per heavy atom. The second-order valence-corrected chi connectivity index (χ2v) is 6.61. The molecule has 1 fully saturated rings. The first-order chi connectivity index (χ1) is 11.6. The number of nitrogens with one attached hydrogen (secondary N) is 2. The van der Waals surface area contributed by atoms with Crippen molar-refractivity contribution in [1.82, 2.24) is 10.2 Å². The molecule has 0 bridgehead atoms. The van der Waals surface area contributed by atoms with Gasteiger partial charge in [0, 0.05) is 10.9 Å². The highest BCUT2D eigenvalue weighted by molar-refractivity contribution is 7.10. The largest absolute Gasteiger partial charge is 0.326 e. The lowest BCUT2D eigenvalue weighted by molar-refractivity contribution is -0.121. The molecule has 1 aliphatic heterocycles. The van der Waals surface area contributed by atoms with Gasteiger partial charge in [-0.2, -0.15) is 0 Å². The van der Waals surface area contributed by atoms with Crippen LogP contribution in [0, 0.1) is 5.82 Å². The summed E-state index contributed by atoms with van der Waals surface area (Å²) in [7, 11) is 0. The molecule has 2 heterocycles. The topological polar surface area (TPSA) is 61.4 Å². The smallest absolute Gasteiger partial charge is 0.305 e. The number of thiophene rings is 1. The minimum atomic E-state index is -0.725. The van der Waals surface area contributed by atoms with Crippen molar-refractivity contribution >= 4 is 29.0 Å². The first-order valence-electron chi connectivity index (χ1n) is 7.76. The second-order valence-electron chi connectivity index (χ2n) is 5.63.